The van der Waals surface area contributed by atoms with E-state index < -0.39 is 29.4 Å². The highest BCUT2D eigenvalue weighted by Gasteiger charge is 2.32. The lowest BCUT2D eigenvalue weighted by molar-refractivity contribution is -0.151. The van der Waals surface area contributed by atoms with Crippen LogP contribution in [0.25, 0.3) is 16.6 Å². The van der Waals surface area contributed by atoms with Gasteiger partial charge in [-0.25, -0.2) is 14.2 Å². The van der Waals surface area contributed by atoms with Crippen LogP contribution >= 0.6 is 0 Å². The Labute approximate surface area is 202 Å². The lowest BCUT2D eigenvalue weighted by Crippen LogP contribution is -2.45. The van der Waals surface area contributed by atoms with Crippen molar-refractivity contribution in [3.63, 3.8) is 0 Å². The van der Waals surface area contributed by atoms with Crippen molar-refractivity contribution >= 4 is 23.0 Å². The number of rotatable bonds is 4. The fourth-order valence-corrected chi connectivity index (χ4v) is 4.05. The monoisotopic (exact) mass is 481 g/mol. The molecule has 1 aliphatic heterocycles. The van der Waals surface area contributed by atoms with Gasteiger partial charge in [-0.05, 0) is 70.0 Å². The molecule has 0 bridgehead atoms. The van der Waals surface area contributed by atoms with Crippen molar-refractivity contribution in [1.82, 2.24) is 14.5 Å². The van der Waals surface area contributed by atoms with E-state index in [2.05, 4.69) is 4.98 Å². The van der Waals surface area contributed by atoms with Crippen LogP contribution in [0.2, 0.25) is 0 Å². The van der Waals surface area contributed by atoms with Crippen molar-refractivity contribution in [3.05, 3.63) is 70.5 Å². The minimum atomic E-state index is -0.629. The molecule has 3 aromatic rings. The smallest absolute Gasteiger partial charge is 0.410 e. The number of halogens is 1. The molecule has 8 nitrogen and oxygen atoms in total. The number of carbonyl (C=O) groups excluding carboxylic acids is 2. The van der Waals surface area contributed by atoms with Gasteiger partial charge in [0.2, 0.25) is 0 Å². The summed E-state index contributed by atoms with van der Waals surface area (Å²) in [5.41, 5.74) is -0.0942. The lowest BCUT2D eigenvalue weighted by Gasteiger charge is -2.33. The number of amides is 1. The van der Waals surface area contributed by atoms with Gasteiger partial charge in [0.25, 0.3) is 5.56 Å². The Kier molecular flexibility index (Phi) is 6.86. The first kappa shape index (κ1) is 24.4. The van der Waals surface area contributed by atoms with Crippen molar-refractivity contribution in [2.45, 2.75) is 45.8 Å². The molecule has 0 N–H and O–H groups in total. The van der Waals surface area contributed by atoms with E-state index in [1.807, 2.05) is 0 Å². The average Bonchev–Trinajstić information content (AvgIpc) is 2.82. The van der Waals surface area contributed by atoms with Crippen LogP contribution in [0.3, 0.4) is 0 Å². The summed E-state index contributed by atoms with van der Waals surface area (Å²) < 4.78 is 25.8. The Morgan fingerprint density at radius 1 is 1.11 bits per heavy atom. The van der Waals surface area contributed by atoms with Gasteiger partial charge in [0, 0.05) is 13.1 Å². The highest BCUT2D eigenvalue weighted by molar-refractivity contribution is 5.78. The van der Waals surface area contributed by atoms with Gasteiger partial charge in [-0.3, -0.25) is 14.2 Å². The normalized spacial score (nSPS) is 16.2. The molecule has 9 heteroatoms. The van der Waals surface area contributed by atoms with E-state index in [0.29, 0.717) is 36.0 Å². The zero-order chi connectivity index (χ0) is 25.2. The summed E-state index contributed by atoms with van der Waals surface area (Å²) in [7, 11) is 0. The molecule has 0 radical (unpaired) electrons. The third-order valence-electron chi connectivity index (χ3n) is 5.68. The second kappa shape index (κ2) is 9.85. The van der Waals surface area contributed by atoms with E-state index in [1.54, 1.807) is 45.0 Å². The third kappa shape index (κ3) is 5.67. The molecule has 0 spiro atoms. The molecule has 184 valence electrons. The van der Waals surface area contributed by atoms with Crippen LogP contribution in [-0.4, -0.2) is 45.2 Å². The number of benzene rings is 2. The Morgan fingerprint density at radius 3 is 2.54 bits per heavy atom. The maximum Gasteiger partial charge on any atom is 0.410 e. The molecule has 1 aromatic heterocycles. The molecular weight excluding hydrogens is 453 g/mol. The first-order valence-corrected chi connectivity index (χ1v) is 11.5. The largest absolute Gasteiger partial charge is 0.457 e. The second-order valence-corrected chi connectivity index (χ2v) is 9.54. The molecule has 0 unspecified atom stereocenters. The van der Waals surface area contributed by atoms with Crippen LogP contribution in [-0.2, 0) is 20.9 Å². The van der Waals surface area contributed by atoms with Gasteiger partial charge in [0.1, 0.15) is 18.0 Å². The number of esters is 1. The van der Waals surface area contributed by atoms with E-state index in [1.165, 1.54) is 33.7 Å². The number of carbonyl (C=O) groups is 2. The average molecular weight is 482 g/mol. The zero-order valence-corrected chi connectivity index (χ0v) is 20.0. The number of hydrogen-bond acceptors (Lipinski definition) is 6. The summed E-state index contributed by atoms with van der Waals surface area (Å²) in [6.07, 6.45) is 0.762. The number of hydrogen-bond donors (Lipinski definition) is 0. The summed E-state index contributed by atoms with van der Waals surface area (Å²) in [6.45, 7) is 5.82. The second-order valence-electron chi connectivity index (χ2n) is 9.54. The Balaban J connectivity index is 1.55. The van der Waals surface area contributed by atoms with Gasteiger partial charge >= 0.3 is 12.1 Å². The number of ether oxygens (including phenoxy) is 2. The van der Waals surface area contributed by atoms with Crippen molar-refractivity contribution in [2.24, 2.45) is 5.92 Å². The maximum absolute atomic E-state index is 13.5. The van der Waals surface area contributed by atoms with Crippen LogP contribution in [0.15, 0.2) is 53.3 Å². The van der Waals surface area contributed by atoms with Gasteiger partial charge in [-0.2, -0.15) is 0 Å². The number of aromatic nitrogens is 2. The summed E-state index contributed by atoms with van der Waals surface area (Å²) >= 11 is 0. The van der Waals surface area contributed by atoms with Crippen LogP contribution < -0.4 is 5.56 Å². The van der Waals surface area contributed by atoms with Crippen LogP contribution in [0.5, 0.6) is 0 Å². The van der Waals surface area contributed by atoms with Gasteiger partial charge in [-0.15, -0.1) is 0 Å². The summed E-state index contributed by atoms with van der Waals surface area (Å²) in [5, 5.41) is 0.396. The summed E-state index contributed by atoms with van der Waals surface area (Å²) in [6, 6.07) is 12.3. The molecule has 1 atom stereocenters. The molecule has 1 fully saturated rings. The molecule has 0 aliphatic carbocycles. The number of fused-ring (bicyclic) bond motifs is 1. The lowest BCUT2D eigenvalue weighted by atomic mass is 9.98. The van der Waals surface area contributed by atoms with E-state index in [-0.39, 0.29) is 24.5 Å². The fourth-order valence-electron chi connectivity index (χ4n) is 4.05. The number of para-hydroxylation sites is 1. The molecule has 35 heavy (non-hydrogen) atoms. The minimum absolute atomic E-state index is 0.198. The predicted molar refractivity (Wildman–Crippen MR) is 128 cm³/mol. The van der Waals surface area contributed by atoms with Gasteiger partial charge in [0.15, 0.2) is 5.82 Å². The van der Waals surface area contributed by atoms with Gasteiger partial charge < -0.3 is 14.4 Å². The van der Waals surface area contributed by atoms with Crippen molar-refractivity contribution in [3.8, 4) is 5.69 Å². The van der Waals surface area contributed by atoms with E-state index in [0.717, 1.165) is 0 Å². The van der Waals surface area contributed by atoms with Crippen LogP contribution in [0.1, 0.15) is 39.4 Å². The molecule has 2 aromatic carbocycles. The standard InChI is InChI=1S/C26H28FN3O5/c1-26(2,3)35-25(33)29-14-6-7-17(15-29)24(32)34-16-22-28-21-9-5-4-8-20(21)23(31)30(22)19-12-10-18(27)11-13-19/h4-5,8-13,17H,6-7,14-16H2,1-3H3/t17-/m1/s1. The van der Waals surface area contributed by atoms with Crippen molar-refractivity contribution < 1.29 is 23.5 Å². The molecule has 1 aliphatic rings. The molecule has 4 rings (SSSR count). The third-order valence-corrected chi connectivity index (χ3v) is 5.68. The fraction of sp³-hybridized carbons (Fsp3) is 0.385. The Bertz CT molecular complexity index is 1300. The number of nitrogens with zero attached hydrogens (tertiary/aromatic N) is 3. The molecule has 1 saturated heterocycles. The van der Waals surface area contributed by atoms with Crippen LogP contribution in [0, 0.1) is 11.7 Å². The highest BCUT2D eigenvalue weighted by Crippen LogP contribution is 2.21. The molecule has 1 amide bonds. The maximum atomic E-state index is 13.5. The highest BCUT2D eigenvalue weighted by atomic mass is 19.1. The number of likely N-dealkylation sites (tertiary alicyclic amines) is 1. The number of piperidine rings is 1. The SMILES string of the molecule is CC(C)(C)OC(=O)N1CCC[C@@H](C(=O)OCc2nc3ccccc3c(=O)n2-c2ccc(F)cc2)C1. The summed E-state index contributed by atoms with van der Waals surface area (Å²) in [4.78, 5) is 44.6. The van der Waals surface area contributed by atoms with Crippen molar-refractivity contribution in [2.75, 3.05) is 13.1 Å². The van der Waals surface area contributed by atoms with E-state index in [9.17, 15) is 18.8 Å². The minimum Gasteiger partial charge on any atom is -0.457 e. The first-order valence-electron chi connectivity index (χ1n) is 11.5. The zero-order valence-electron chi connectivity index (χ0n) is 20.0. The molecule has 0 saturated carbocycles. The predicted octanol–water partition coefficient (Wildman–Crippen LogP) is 4.22. The van der Waals surface area contributed by atoms with Crippen molar-refractivity contribution in [1.29, 1.82) is 0 Å². The molecule has 2 heterocycles. The summed E-state index contributed by atoms with van der Waals surface area (Å²) in [5.74, 6) is -1.21. The quantitative estimate of drug-likeness (QED) is 0.519. The van der Waals surface area contributed by atoms with Gasteiger partial charge in [-0.1, -0.05) is 12.1 Å². The molecular formula is C26H28FN3O5. The Morgan fingerprint density at radius 2 is 1.83 bits per heavy atom. The Hall–Kier alpha value is -3.75. The van der Waals surface area contributed by atoms with E-state index in [4.69, 9.17) is 9.47 Å². The van der Waals surface area contributed by atoms with Crippen LogP contribution in [0.4, 0.5) is 9.18 Å². The van der Waals surface area contributed by atoms with E-state index >= 15 is 0 Å². The van der Waals surface area contributed by atoms with Gasteiger partial charge in [0.05, 0.1) is 22.5 Å². The topological polar surface area (TPSA) is 90.7 Å². The first-order chi connectivity index (χ1) is 16.6.